The van der Waals surface area contributed by atoms with Crippen molar-refractivity contribution >= 4 is 34.3 Å². The van der Waals surface area contributed by atoms with Crippen molar-refractivity contribution < 1.29 is 9.63 Å². The number of aromatic nitrogens is 3. The quantitative estimate of drug-likeness (QED) is 0.402. The molecular formula is C26H29ClN6O2. The number of piperazine rings is 1. The number of anilines is 2. The van der Waals surface area contributed by atoms with Crippen LogP contribution in [0, 0.1) is 13.8 Å². The lowest BCUT2D eigenvalue weighted by molar-refractivity contribution is 0.0151. The van der Waals surface area contributed by atoms with Gasteiger partial charge in [-0.1, -0.05) is 35.0 Å². The number of nitrogens with zero attached hydrogens (tertiary/aromatic N) is 5. The summed E-state index contributed by atoms with van der Waals surface area (Å²) in [5.41, 5.74) is 4.77. The van der Waals surface area contributed by atoms with Gasteiger partial charge < -0.3 is 19.8 Å². The van der Waals surface area contributed by atoms with E-state index in [1.165, 1.54) is 0 Å². The molecule has 8 nitrogen and oxygen atoms in total. The normalized spacial score (nSPS) is 15.5. The van der Waals surface area contributed by atoms with Gasteiger partial charge in [0.15, 0.2) is 0 Å². The van der Waals surface area contributed by atoms with Gasteiger partial charge in [0.1, 0.15) is 17.8 Å². The zero-order valence-corrected chi connectivity index (χ0v) is 20.9. The summed E-state index contributed by atoms with van der Waals surface area (Å²) < 4.78 is 5.39. The second-order valence-corrected chi connectivity index (χ2v) is 9.38. The highest BCUT2D eigenvalue weighted by atomic mass is 35.5. The maximum Gasteiger partial charge on any atom is 0.227 e. The van der Waals surface area contributed by atoms with Crippen molar-refractivity contribution in [1.29, 1.82) is 0 Å². The van der Waals surface area contributed by atoms with Crippen LogP contribution in [0.4, 0.5) is 11.8 Å². The van der Waals surface area contributed by atoms with Crippen molar-refractivity contribution in [3.05, 3.63) is 64.5 Å². The van der Waals surface area contributed by atoms with E-state index < -0.39 is 6.23 Å². The Labute approximate surface area is 209 Å². The highest BCUT2D eigenvalue weighted by molar-refractivity contribution is 6.30. The average Bonchev–Trinajstić information content (AvgIpc) is 3.19. The summed E-state index contributed by atoms with van der Waals surface area (Å²) in [6.07, 6.45) is -0.456. The van der Waals surface area contributed by atoms with Gasteiger partial charge in [0.05, 0.1) is 11.2 Å². The summed E-state index contributed by atoms with van der Waals surface area (Å²) in [5.74, 6) is 2.23. The van der Waals surface area contributed by atoms with Crippen LogP contribution in [0.25, 0.3) is 22.0 Å². The molecule has 0 bridgehead atoms. The first-order valence-electron chi connectivity index (χ1n) is 11.8. The largest absolute Gasteiger partial charge is 0.379 e. The molecule has 1 saturated heterocycles. The number of halogens is 1. The van der Waals surface area contributed by atoms with E-state index in [1.807, 2.05) is 49.1 Å². The van der Waals surface area contributed by atoms with Crippen molar-refractivity contribution in [3.63, 3.8) is 0 Å². The molecule has 0 spiro atoms. The Morgan fingerprint density at radius 1 is 1.09 bits per heavy atom. The minimum Gasteiger partial charge on any atom is -0.379 e. The van der Waals surface area contributed by atoms with Crippen molar-refractivity contribution in [3.8, 4) is 11.1 Å². The first-order valence-corrected chi connectivity index (χ1v) is 12.2. The summed E-state index contributed by atoms with van der Waals surface area (Å²) in [4.78, 5) is 14.1. The van der Waals surface area contributed by atoms with Crippen LogP contribution in [-0.2, 0) is 6.54 Å². The van der Waals surface area contributed by atoms with Crippen LogP contribution in [0.15, 0.2) is 47.0 Å². The van der Waals surface area contributed by atoms with Gasteiger partial charge in [-0.05, 0) is 56.2 Å². The molecule has 0 radical (unpaired) electrons. The van der Waals surface area contributed by atoms with Crippen LogP contribution in [0.1, 0.15) is 23.9 Å². The van der Waals surface area contributed by atoms with E-state index in [4.69, 9.17) is 26.1 Å². The fourth-order valence-electron chi connectivity index (χ4n) is 4.57. The molecule has 5 rings (SSSR count). The van der Waals surface area contributed by atoms with Crippen LogP contribution < -0.4 is 10.2 Å². The molecule has 1 aliphatic heterocycles. The molecule has 0 amide bonds. The number of benzene rings is 2. The van der Waals surface area contributed by atoms with E-state index in [-0.39, 0.29) is 0 Å². The van der Waals surface area contributed by atoms with Crippen molar-refractivity contribution in [2.75, 3.05) is 36.4 Å². The molecule has 2 N–H and O–H groups in total. The Hall–Kier alpha value is -3.20. The van der Waals surface area contributed by atoms with Crippen LogP contribution in [0.3, 0.4) is 0 Å². The number of fused-ring (bicyclic) bond motifs is 1. The lowest BCUT2D eigenvalue weighted by atomic mass is 10.0. The molecule has 35 heavy (non-hydrogen) atoms. The van der Waals surface area contributed by atoms with Gasteiger partial charge in [-0.2, -0.15) is 4.98 Å². The lowest BCUT2D eigenvalue weighted by Crippen LogP contribution is -2.50. The topological polar surface area (TPSA) is 90.6 Å². The van der Waals surface area contributed by atoms with Crippen molar-refractivity contribution in [1.82, 2.24) is 20.0 Å². The van der Waals surface area contributed by atoms with E-state index in [9.17, 15) is 5.11 Å². The van der Waals surface area contributed by atoms with Gasteiger partial charge >= 0.3 is 0 Å². The number of aliphatic hydroxyl groups is 1. The fraction of sp³-hybridized carbons (Fsp3) is 0.346. The highest BCUT2D eigenvalue weighted by Gasteiger charge is 2.23. The second-order valence-electron chi connectivity index (χ2n) is 8.94. The van der Waals surface area contributed by atoms with Crippen molar-refractivity contribution in [2.24, 2.45) is 0 Å². The summed E-state index contributed by atoms with van der Waals surface area (Å²) in [6, 6.07) is 14.0. The number of hydrogen-bond donors (Lipinski definition) is 2. The van der Waals surface area contributed by atoms with Crippen LogP contribution in [-0.4, -0.2) is 57.5 Å². The zero-order valence-electron chi connectivity index (χ0n) is 20.1. The average molecular weight is 493 g/mol. The zero-order chi connectivity index (χ0) is 24.5. The Morgan fingerprint density at radius 3 is 2.57 bits per heavy atom. The highest BCUT2D eigenvalue weighted by Crippen LogP contribution is 2.32. The number of nitrogens with one attached hydrogen (secondary N) is 1. The van der Waals surface area contributed by atoms with E-state index in [0.717, 1.165) is 71.0 Å². The Morgan fingerprint density at radius 2 is 1.89 bits per heavy atom. The maximum absolute atomic E-state index is 9.93. The molecule has 4 aromatic rings. The molecule has 9 heteroatoms. The SMILES string of the molecule is Cc1noc(C)c1-c1ccc2c(NCc3cccc(Cl)c3)nc(N3CCN(C(C)O)CC3)nc2c1. The van der Waals surface area contributed by atoms with E-state index >= 15 is 0 Å². The molecular weight excluding hydrogens is 464 g/mol. The predicted octanol–water partition coefficient (Wildman–Crippen LogP) is 4.63. The van der Waals surface area contributed by atoms with E-state index in [0.29, 0.717) is 17.5 Å². The number of aryl methyl sites for hydroxylation is 2. The number of aliphatic hydroxyl groups excluding tert-OH is 1. The maximum atomic E-state index is 9.93. The van der Waals surface area contributed by atoms with Crippen LogP contribution in [0.5, 0.6) is 0 Å². The van der Waals surface area contributed by atoms with E-state index in [2.05, 4.69) is 27.5 Å². The third kappa shape index (κ3) is 4.96. The van der Waals surface area contributed by atoms with Gasteiger partial charge in [0, 0.05) is 48.7 Å². The van der Waals surface area contributed by atoms with Gasteiger partial charge in [-0.15, -0.1) is 0 Å². The molecule has 0 aliphatic carbocycles. The minimum absolute atomic E-state index is 0.456. The number of rotatable bonds is 6. The summed E-state index contributed by atoms with van der Waals surface area (Å²) in [7, 11) is 0. The third-order valence-corrected chi connectivity index (χ3v) is 6.72. The summed E-state index contributed by atoms with van der Waals surface area (Å²) in [6.45, 7) is 9.25. The molecule has 1 fully saturated rings. The first kappa shape index (κ1) is 23.5. The Kier molecular flexibility index (Phi) is 6.60. The standard InChI is InChI=1S/C26H29ClN6O2/c1-16-24(17(2)35-31-16)20-7-8-22-23(14-20)29-26(33-11-9-32(10-12-33)18(3)34)30-25(22)28-15-19-5-4-6-21(27)13-19/h4-8,13-14,18,34H,9-12,15H2,1-3H3,(H,28,29,30). The smallest absolute Gasteiger partial charge is 0.227 e. The molecule has 1 aliphatic rings. The molecule has 2 aromatic carbocycles. The summed E-state index contributed by atoms with van der Waals surface area (Å²) in [5, 5.41) is 19.2. The Bertz CT molecular complexity index is 1330. The van der Waals surface area contributed by atoms with Crippen LogP contribution >= 0.6 is 11.6 Å². The van der Waals surface area contributed by atoms with Gasteiger partial charge in [-0.3, -0.25) is 4.90 Å². The van der Waals surface area contributed by atoms with Gasteiger partial charge in [-0.25, -0.2) is 4.98 Å². The third-order valence-electron chi connectivity index (χ3n) is 6.48. The fourth-order valence-corrected chi connectivity index (χ4v) is 4.79. The lowest BCUT2D eigenvalue weighted by Gasteiger charge is -2.36. The minimum atomic E-state index is -0.456. The molecule has 3 heterocycles. The monoisotopic (exact) mass is 492 g/mol. The number of hydrogen-bond acceptors (Lipinski definition) is 8. The molecule has 1 atom stereocenters. The second kappa shape index (κ2) is 9.81. The molecule has 2 aromatic heterocycles. The van der Waals surface area contributed by atoms with Crippen LogP contribution in [0.2, 0.25) is 5.02 Å². The van der Waals surface area contributed by atoms with Gasteiger partial charge in [0.25, 0.3) is 0 Å². The molecule has 1 unspecified atom stereocenters. The van der Waals surface area contributed by atoms with E-state index in [1.54, 1.807) is 6.92 Å². The summed E-state index contributed by atoms with van der Waals surface area (Å²) >= 11 is 6.18. The van der Waals surface area contributed by atoms with Gasteiger partial charge in [0.2, 0.25) is 5.95 Å². The predicted molar refractivity (Wildman–Crippen MR) is 139 cm³/mol. The first-order chi connectivity index (χ1) is 16.9. The Balaban J connectivity index is 1.52. The molecule has 182 valence electrons. The van der Waals surface area contributed by atoms with Crippen molar-refractivity contribution in [2.45, 2.75) is 33.5 Å². The molecule has 0 saturated carbocycles.